The molecule has 0 amide bonds. The van der Waals surface area contributed by atoms with Gasteiger partial charge in [-0.1, -0.05) is 59.2 Å². The first-order valence-electron chi connectivity index (χ1n) is 6.64. The summed E-state index contributed by atoms with van der Waals surface area (Å²) in [6.07, 6.45) is 0. The Balaban J connectivity index is 1.59. The monoisotopic (exact) mass is 315 g/mol. The number of halogens is 1. The van der Waals surface area contributed by atoms with Crippen molar-refractivity contribution in [3.63, 3.8) is 0 Å². The van der Waals surface area contributed by atoms with E-state index in [0.717, 1.165) is 33.5 Å². The molecule has 1 heterocycles. The lowest BCUT2D eigenvalue weighted by molar-refractivity contribution is 0.397. The highest BCUT2D eigenvalue weighted by Gasteiger charge is 2.06. The average molecular weight is 316 g/mol. The van der Waals surface area contributed by atoms with E-state index in [1.54, 1.807) is 0 Å². The average Bonchev–Trinajstić information content (AvgIpc) is 2.98. The molecule has 4 heteroatoms. The smallest absolute Gasteiger partial charge is 0.147 e. The number of nitrogens with zero attached hydrogens (tertiary/aromatic N) is 1. The molecule has 0 saturated carbocycles. The quantitative estimate of drug-likeness (QED) is 0.628. The van der Waals surface area contributed by atoms with Crippen molar-refractivity contribution in [2.75, 3.05) is 0 Å². The molecule has 21 heavy (non-hydrogen) atoms. The summed E-state index contributed by atoms with van der Waals surface area (Å²) in [5.41, 5.74) is 3.18. The second-order valence-electron chi connectivity index (χ2n) is 4.66. The van der Waals surface area contributed by atoms with E-state index < -0.39 is 0 Å². The fraction of sp³-hybridized carbons (Fsp3) is 0.118. The van der Waals surface area contributed by atoms with Crippen molar-refractivity contribution in [1.29, 1.82) is 0 Å². The summed E-state index contributed by atoms with van der Waals surface area (Å²) in [6, 6.07) is 20.0. The third-order valence-electron chi connectivity index (χ3n) is 3.05. The Labute approximate surface area is 133 Å². The maximum Gasteiger partial charge on any atom is 0.147 e. The fourth-order valence-electron chi connectivity index (χ4n) is 1.98. The Morgan fingerprint density at radius 1 is 0.952 bits per heavy atom. The first-order chi connectivity index (χ1) is 10.3. The van der Waals surface area contributed by atoms with Crippen molar-refractivity contribution in [1.82, 2.24) is 5.16 Å². The Bertz CT molecular complexity index is 694. The van der Waals surface area contributed by atoms with Crippen LogP contribution < -0.4 is 0 Å². The van der Waals surface area contributed by atoms with Crippen LogP contribution in [0.2, 0.25) is 5.02 Å². The van der Waals surface area contributed by atoms with Gasteiger partial charge in [0.15, 0.2) is 0 Å². The molecule has 0 N–H and O–H groups in total. The Hall–Kier alpha value is -1.71. The largest absolute Gasteiger partial charge is 0.360 e. The zero-order valence-corrected chi connectivity index (χ0v) is 12.9. The van der Waals surface area contributed by atoms with E-state index in [4.69, 9.17) is 16.1 Å². The maximum atomic E-state index is 5.88. The Morgan fingerprint density at radius 3 is 2.48 bits per heavy atom. The number of benzene rings is 2. The van der Waals surface area contributed by atoms with Gasteiger partial charge in [-0.25, -0.2) is 0 Å². The molecule has 3 rings (SSSR count). The van der Waals surface area contributed by atoms with Gasteiger partial charge in [-0.3, -0.25) is 0 Å². The number of aromatic nitrogens is 1. The first-order valence-corrected chi connectivity index (χ1v) is 8.18. The topological polar surface area (TPSA) is 26.0 Å². The summed E-state index contributed by atoms with van der Waals surface area (Å²) in [5, 5.41) is 4.83. The SMILES string of the molecule is Clc1ccc(-c2cc(CSCc3ccccc3)on2)cc1. The van der Waals surface area contributed by atoms with Gasteiger partial charge in [0.1, 0.15) is 11.5 Å². The van der Waals surface area contributed by atoms with Crippen LogP contribution in [0.5, 0.6) is 0 Å². The molecule has 0 aliphatic rings. The highest BCUT2D eigenvalue weighted by atomic mass is 35.5. The van der Waals surface area contributed by atoms with Crippen molar-refractivity contribution in [3.05, 3.63) is 77.0 Å². The van der Waals surface area contributed by atoms with Crippen LogP contribution in [0.15, 0.2) is 65.2 Å². The summed E-state index contributed by atoms with van der Waals surface area (Å²) in [6.45, 7) is 0. The van der Waals surface area contributed by atoms with E-state index in [1.807, 2.05) is 48.2 Å². The molecule has 0 unspecified atom stereocenters. The van der Waals surface area contributed by atoms with Gasteiger partial charge in [0.2, 0.25) is 0 Å². The fourth-order valence-corrected chi connectivity index (χ4v) is 2.97. The molecule has 0 atom stereocenters. The summed E-state index contributed by atoms with van der Waals surface area (Å²) in [5.74, 6) is 2.67. The van der Waals surface area contributed by atoms with Crippen molar-refractivity contribution in [2.45, 2.75) is 11.5 Å². The standard InChI is InChI=1S/C17H14ClNOS/c18-15-8-6-14(7-9-15)17-10-16(20-19-17)12-21-11-13-4-2-1-3-5-13/h1-10H,11-12H2. The minimum absolute atomic E-state index is 0.723. The Morgan fingerprint density at radius 2 is 1.71 bits per heavy atom. The van der Waals surface area contributed by atoms with Gasteiger partial charge < -0.3 is 4.52 Å². The van der Waals surface area contributed by atoms with Gasteiger partial charge in [-0.2, -0.15) is 0 Å². The molecule has 2 nitrogen and oxygen atoms in total. The van der Waals surface area contributed by atoms with Gasteiger partial charge >= 0.3 is 0 Å². The van der Waals surface area contributed by atoms with Crippen molar-refractivity contribution in [2.24, 2.45) is 0 Å². The summed E-state index contributed by atoms with van der Waals surface area (Å²) < 4.78 is 5.38. The molecule has 0 spiro atoms. The molecule has 0 fully saturated rings. The van der Waals surface area contributed by atoms with E-state index in [1.165, 1.54) is 5.56 Å². The van der Waals surface area contributed by atoms with E-state index in [-0.39, 0.29) is 0 Å². The predicted octanol–water partition coefficient (Wildman–Crippen LogP) is 5.43. The highest BCUT2D eigenvalue weighted by Crippen LogP contribution is 2.24. The summed E-state index contributed by atoms with van der Waals surface area (Å²) in [4.78, 5) is 0. The molecule has 2 aromatic carbocycles. The molecular formula is C17H14ClNOS. The molecule has 1 aromatic heterocycles. The Kier molecular flexibility index (Phi) is 4.63. The van der Waals surface area contributed by atoms with Crippen LogP contribution in [-0.4, -0.2) is 5.16 Å². The normalized spacial score (nSPS) is 10.7. The molecule has 0 bridgehead atoms. The number of thioether (sulfide) groups is 1. The predicted molar refractivity (Wildman–Crippen MR) is 88.4 cm³/mol. The van der Waals surface area contributed by atoms with Gasteiger partial charge in [-0.05, 0) is 17.7 Å². The van der Waals surface area contributed by atoms with Crippen LogP contribution in [0.4, 0.5) is 0 Å². The minimum Gasteiger partial charge on any atom is -0.360 e. The third kappa shape index (κ3) is 3.90. The second kappa shape index (κ2) is 6.83. The van der Waals surface area contributed by atoms with Gasteiger partial charge in [-0.15, -0.1) is 11.8 Å². The van der Waals surface area contributed by atoms with Crippen LogP contribution in [0.1, 0.15) is 11.3 Å². The third-order valence-corrected chi connectivity index (χ3v) is 4.33. The molecule has 0 aliphatic carbocycles. The molecule has 0 aliphatic heterocycles. The zero-order valence-electron chi connectivity index (χ0n) is 11.3. The van der Waals surface area contributed by atoms with E-state index in [2.05, 4.69) is 29.4 Å². The number of hydrogen-bond acceptors (Lipinski definition) is 3. The van der Waals surface area contributed by atoms with E-state index in [0.29, 0.717) is 0 Å². The molecule has 106 valence electrons. The van der Waals surface area contributed by atoms with Crippen LogP contribution in [-0.2, 0) is 11.5 Å². The minimum atomic E-state index is 0.723. The highest BCUT2D eigenvalue weighted by molar-refractivity contribution is 7.97. The number of rotatable bonds is 5. The van der Waals surface area contributed by atoms with Gasteiger partial charge in [0.05, 0.1) is 5.75 Å². The molecule has 0 radical (unpaired) electrons. The molecule has 0 saturated heterocycles. The van der Waals surface area contributed by atoms with Crippen molar-refractivity contribution < 1.29 is 4.52 Å². The van der Waals surface area contributed by atoms with Gasteiger partial charge in [0.25, 0.3) is 0 Å². The zero-order chi connectivity index (χ0) is 14.5. The second-order valence-corrected chi connectivity index (χ2v) is 6.09. The molecule has 3 aromatic rings. The lowest BCUT2D eigenvalue weighted by atomic mass is 10.1. The first kappa shape index (κ1) is 14.2. The van der Waals surface area contributed by atoms with Gasteiger partial charge in [0, 0.05) is 22.4 Å². The van der Waals surface area contributed by atoms with E-state index in [9.17, 15) is 0 Å². The lowest BCUT2D eigenvalue weighted by Crippen LogP contribution is -1.80. The van der Waals surface area contributed by atoms with Crippen LogP contribution in [0, 0.1) is 0 Å². The van der Waals surface area contributed by atoms with Crippen LogP contribution >= 0.6 is 23.4 Å². The van der Waals surface area contributed by atoms with E-state index >= 15 is 0 Å². The maximum absolute atomic E-state index is 5.88. The van der Waals surface area contributed by atoms with Crippen LogP contribution in [0.25, 0.3) is 11.3 Å². The summed E-state index contributed by atoms with van der Waals surface area (Å²) in [7, 11) is 0. The molecular weight excluding hydrogens is 302 g/mol. The number of hydrogen-bond donors (Lipinski definition) is 0. The van der Waals surface area contributed by atoms with Crippen LogP contribution in [0.3, 0.4) is 0 Å². The lowest BCUT2D eigenvalue weighted by Gasteiger charge is -1.98. The summed E-state index contributed by atoms with van der Waals surface area (Å²) >= 11 is 7.70. The van der Waals surface area contributed by atoms with Crippen molar-refractivity contribution in [3.8, 4) is 11.3 Å². The van der Waals surface area contributed by atoms with Crippen molar-refractivity contribution >= 4 is 23.4 Å².